The number of amides is 2. The van der Waals surface area contributed by atoms with E-state index in [1.807, 2.05) is 24.3 Å². The summed E-state index contributed by atoms with van der Waals surface area (Å²) in [7, 11) is 0. The highest BCUT2D eigenvalue weighted by Gasteiger charge is 2.26. The Morgan fingerprint density at radius 2 is 1.65 bits per heavy atom. The fraction of sp³-hybridized carbons (Fsp3) is 0.375. The maximum atomic E-state index is 12.6. The van der Waals surface area contributed by atoms with Crippen molar-refractivity contribution in [2.24, 2.45) is 0 Å². The van der Waals surface area contributed by atoms with E-state index in [1.165, 1.54) is 19.3 Å². The van der Waals surface area contributed by atoms with E-state index >= 15 is 0 Å². The first-order chi connectivity index (χ1) is 15.1. The lowest BCUT2D eigenvalue weighted by Gasteiger charge is -2.28. The number of anilines is 3. The molecule has 0 spiro atoms. The van der Waals surface area contributed by atoms with Crippen molar-refractivity contribution in [3.8, 4) is 0 Å². The third-order valence-corrected chi connectivity index (χ3v) is 5.69. The van der Waals surface area contributed by atoms with Crippen LogP contribution in [0.25, 0.3) is 0 Å². The first-order valence-corrected chi connectivity index (χ1v) is 10.8. The van der Waals surface area contributed by atoms with E-state index in [0.717, 1.165) is 25.2 Å². The minimum absolute atomic E-state index is 0.00834. The van der Waals surface area contributed by atoms with Crippen LogP contribution < -0.4 is 15.1 Å². The van der Waals surface area contributed by atoms with Crippen molar-refractivity contribution in [1.29, 1.82) is 0 Å². The molecule has 2 aliphatic heterocycles. The predicted octanol–water partition coefficient (Wildman–Crippen LogP) is 3.60. The summed E-state index contributed by atoms with van der Waals surface area (Å²) in [6.07, 6.45) is 4.93. The molecule has 2 aliphatic rings. The number of hydrogen-bond acceptors (Lipinski definition) is 5. The third-order valence-electron chi connectivity index (χ3n) is 5.69. The Hall–Kier alpha value is -3.35. The van der Waals surface area contributed by atoms with Crippen molar-refractivity contribution in [1.82, 2.24) is 0 Å². The van der Waals surface area contributed by atoms with Gasteiger partial charge in [-0.15, -0.1) is 0 Å². The van der Waals surface area contributed by atoms with Crippen LogP contribution in [0.1, 0.15) is 42.5 Å². The number of benzene rings is 2. The lowest BCUT2D eigenvalue weighted by Crippen LogP contribution is -2.29. The number of piperidine rings is 1. The summed E-state index contributed by atoms with van der Waals surface area (Å²) in [6, 6.07) is 14.5. The normalized spacial score (nSPS) is 16.3. The Balaban J connectivity index is 1.32. The van der Waals surface area contributed by atoms with Crippen LogP contribution in [-0.2, 0) is 14.3 Å². The Morgan fingerprint density at radius 3 is 2.35 bits per heavy atom. The monoisotopic (exact) mass is 421 g/mol. The number of carbonyl (C=O) groups is 3. The maximum absolute atomic E-state index is 12.6. The SMILES string of the molecule is O=C(COC(=O)c1ccccc1N1CCCC1=O)Nc1ccc(N2CCCCC2)cc1. The van der Waals surface area contributed by atoms with E-state index in [9.17, 15) is 14.4 Å². The molecule has 4 rings (SSSR count). The number of para-hydroxylation sites is 1. The Bertz CT molecular complexity index is 952. The van der Waals surface area contributed by atoms with E-state index in [-0.39, 0.29) is 11.5 Å². The number of ether oxygens (including phenoxy) is 1. The molecule has 2 amide bonds. The fourth-order valence-electron chi connectivity index (χ4n) is 4.10. The smallest absolute Gasteiger partial charge is 0.340 e. The van der Waals surface area contributed by atoms with Crippen molar-refractivity contribution >= 4 is 34.8 Å². The van der Waals surface area contributed by atoms with Crippen molar-refractivity contribution in [3.63, 3.8) is 0 Å². The first-order valence-electron chi connectivity index (χ1n) is 10.8. The van der Waals surface area contributed by atoms with Crippen LogP contribution in [0.3, 0.4) is 0 Å². The number of nitrogens with zero attached hydrogens (tertiary/aromatic N) is 2. The average molecular weight is 421 g/mol. The molecule has 162 valence electrons. The molecule has 0 atom stereocenters. The molecule has 0 radical (unpaired) electrons. The standard InChI is InChI=1S/C24H27N3O4/c28-22(25-18-10-12-19(13-11-18)26-14-4-1-5-15-26)17-31-24(30)20-7-2-3-8-21(20)27-16-6-9-23(27)29/h2-3,7-8,10-13H,1,4-6,9,14-17H2,(H,25,28). The second-order valence-corrected chi connectivity index (χ2v) is 7.88. The van der Waals surface area contributed by atoms with Gasteiger partial charge in [0.1, 0.15) is 0 Å². The zero-order valence-electron chi connectivity index (χ0n) is 17.5. The van der Waals surface area contributed by atoms with Gasteiger partial charge in [0, 0.05) is 37.4 Å². The average Bonchev–Trinajstić information content (AvgIpc) is 3.24. The van der Waals surface area contributed by atoms with E-state index in [4.69, 9.17) is 4.74 Å². The van der Waals surface area contributed by atoms with E-state index in [0.29, 0.717) is 24.3 Å². The molecular weight excluding hydrogens is 394 g/mol. The minimum atomic E-state index is -0.620. The van der Waals surface area contributed by atoms with E-state index in [1.54, 1.807) is 29.2 Å². The second-order valence-electron chi connectivity index (χ2n) is 7.88. The van der Waals surface area contributed by atoms with Gasteiger partial charge in [-0.25, -0.2) is 4.79 Å². The highest BCUT2D eigenvalue weighted by atomic mass is 16.5. The molecule has 2 fully saturated rings. The molecule has 7 nitrogen and oxygen atoms in total. The summed E-state index contributed by atoms with van der Waals surface area (Å²) in [4.78, 5) is 40.8. The second kappa shape index (κ2) is 9.64. The van der Waals surface area contributed by atoms with E-state index < -0.39 is 18.5 Å². The Labute approximate surface area is 182 Å². The highest BCUT2D eigenvalue weighted by Crippen LogP contribution is 2.26. The number of rotatable bonds is 6. The van der Waals surface area contributed by atoms with Gasteiger partial charge >= 0.3 is 5.97 Å². The zero-order valence-corrected chi connectivity index (χ0v) is 17.5. The van der Waals surface area contributed by atoms with Gasteiger partial charge in [-0.2, -0.15) is 0 Å². The zero-order chi connectivity index (χ0) is 21.6. The van der Waals surface area contributed by atoms with Crippen molar-refractivity contribution < 1.29 is 19.1 Å². The van der Waals surface area contributed by atoms with Gasteiger partial charge in [-0.1, -0.05) is 12.1 Å². The number of nitrogens with one attached hydrogen (secondary N) is 1. The van der Waals surface area contributed by atoms with Gasteiger partial charge in [0.15, 0.2) is 6.61 Å². The van der Waals surface area contributed by atoms with Crippen molar-refractivity contribution in [2.45, 2.75) is 32.1 Å². The van der Waals surface area contributed by atoms with Crippen LogP contribution in [-0.4, -0.2) is 44.0 Å². The molecule has 2 aromatic carbocycles. The molecule has 31 heavy (non-hydrogen) atoms. The molecular formula is C24H27N3O4. The molecule has 0 bridgehead atoms. The Kier molecular flexibility index (Phi) is 6.50. The van der Waals surface area contributed by atoms with Crippen LogP contribution in [0.2, 0.25) is 0 Å². The molecule has 0 saturated carbocycles. The highest BCUT2D eigenvalue weighted by molar-refractivity contribution is 6.04. The summed E-state index contributed by atoms with van der Waals surface area (Å²) >= 11 is 0. The maximum Gasteiger partial charge on any atom is 0.340 e. The molecule has 0 unspecified atom stereocenters. The summed E-state index contributed by atoms with van der Waals surface area (Å²) < 4.78 is 5.22. The van der Waals surface area contributed by atoms with Crippen LogP contribution in [0.5, 0.6) is 0 Å². The molecule has 2 saturated heterocycles. The van der Waals surface area contributed by atoms with Crippen LogP contribution in [0.15, 0.2) is 48.5 Å². The van der Waals surface area contributed by atoms with Crippen LogP contribution >= 0.6 is 0 Å². The molecule has 7 heteroatoms. The summed E-state index contributed by atoms with van der Waals surface area (Å²) in [5.74, 6) is -1.04. The summed E-state index contributed by atoms with van der Waals surface area (Å²) in [5, 5.41) is 2.76. The number of esters is 1. The third kappa shape index (κ3) is 5.05. The van der Waals surface area contributed by atoms with Crippen molar-refractivity contribution in [3.05, 3.63) is 54.1 Å². The molecule has 2 heterocycles. The number of hydrogen-bond donors (Lipinski definition) is 1. The van der Waals surface area contributed by atoms with Gasteiger partial charge in [0.05, 0.1) is 11.3 Å². The van der Waals surface area contributed by atoms with Gasteiger partial charge in [-0.3, -0.25) is 9.59 Å². The largest absolute Gasteiger partial charge is 0.452 e. The van der Waals surface area contributed by atoms with Gasteiger partial charge in [0.25, 0.3) is 5.91 Å². The van der Waals surface area contributed by atoms with Gasteiger partial charge in [-0.05, 0) is 62.1 Å². The number of carbonyl (C=O) groups excluding carboxylic acids is 3. The lowest BCUT2D eigenvalue weighted by molar-refractivity contribution is -0.119. The van der Waals surface area contributed by atoms with Crippen LogP contribution in [0.4, 0.5) is 17.1 Å². The molecule has 1 N–H and O–H groups in total. The topological polar surface area (TPSA) is 79.0 Å². The quantitative estimate of drug-likeness (QED) is 0.721. The van der Waals surface area contributed by atoms with Crippen molar-refractivity contribution in [2.75, 3.05) is 41.4 Å². The summed E-state index contributed by atoms with van der Waals surface area (Å²) in [6.45, 7) is 2.31. The minimum Gasteiger partial charge on any atom is -0.452 e. The molecule has 0 aliphatic carbocycles. The lowest BCUT2D eigenvalue weighted by atomic mass is 10.1. The summed E-state index contributed by atoms with van der Waals surface area (Å²) in [5.41, 5.74) is 2.63. The Morgan fingerprint density at radius 1 is 0.903 bits per heavy atom. The first kappa shape index (κ1) is 20.9. The fourth-order valence-corrected chi connectivity index (χ4v) is 4.10. The molecule has 0 aromatic heterocycles. The predicted molar refractivity (Wildman–Crippen MR) is 119 cm³/mol. The van der Waals surface area contributed by atoms with Gasteiger partial charge < -0.3 is 19.9 Å². The van der Waals surface area contributed by atoms with E-state index in [2.05, 4.69) is 10.2 Å². The molecule has 2 aromatic rings. The van der Waals surface area contributed by atoms with Crippen LogP contribution in [0, 0.1) is 0 Å². The van der Waals surface area contributed by atoms with Gasteiger partial charge in [0.2, 0.25) is 5.91 Å².